The molecule has 0 amide bonds. The molecule has 82 valence electrons. The third-order valence-corrected chi connectivity index (χ3v) is 2.99. The summed E-state index contributed by atoms with van der Waals surface area (Å²) in [7, 11) is 1.32. The molecule has 0 saturated heterocycles. The van der Waals surface area contributed by atoms with E-state index < -0.39 is 0 Å². The minimum absolute atomic E-state index is 0.0485. The summed E-state index contributed by atoms with van der Waals surface area (Å²) in [6.07, 6.45) is 1.53. The summed E-state index contributed by atoms with van der Waals surface area (Å²) in [4.78, 5) is 28.1. The number of carbonyl (C=O) groups is 1. The lowest BCUT2D eigenvalue weighted by molar-refractivity contribution is -0.140. The minimum Gasteiger partial charge on any atom is -0.469 e. The summed E-state index contributed by atoms with van der Waals surface area (Å²) < 4.78 is 4.47. The van der Waals surface area contributed by atoms with Gasteiger partial charge in [0, 0.05) is 5.75 Å². The van der Waals surface area contributed by atoms with E-state index >= 15 is 0 Å². The molecule has 0 aromatic carbocycles. The van der Waals surface area contributed by atoms with E-state index in [4.69, 9.17) is 11.6 Å². The standard InChI is InChI=1S/C8H9ClN2O3S/c1-14-5(12)2-3-15-8-6(9)7(13)10-4-11-8/h4H,2-3H2,1H3,(H,10,11,13). The summed E-state index contributed by atoms with van der Waals surface area (Å²) in [5, 5.41) is 0.469. The van der Waals surface area contributed by atoms with Crippen LogP contribution in [0.2, 0.25) is 5.02 Å². The van der Waals surface area contributed by atoms with E-state index in [1.807, 2.05) is 0 Å². The van der Waals surface area contributed by atoms with Gasteiger partial charge in [0.2, 0.25) is 0 Å². The summed E-state index contributed by atoms with van der Waals surface area (Å²) in [5.41, 5.74) is -0.382. The molecule has 0 spiro atoms. The normalized spacial score (nSPS) is 10.0. The molecule has 0 fully saturated rings. The van der Waals surface area contributed by atoms with Gasteiger partial charge in [0.25, 0.3) is 5.56 Å². The predicted octanol–water partition coefficient (Wildman–Crippen LogP) is 1.08. The Kier molecular flexibility index (Phi) is 4.64. The van der Waals surface area contributed by atoms with E-state index in [2.05, 4.69) is 14.7 Å². The molecule has 0 bridgehead atoms. The quantitative estimate of drug-likeness (QED) is 0.490. The number of H-pyrrole nitrogens is 1. The molecule has 0 unspecified atom stereocenters. The zero-order valence-corrected chi connectivity index (χ0v) is 9.52. The number of hydrogen-bond acceptors (Lipinski definition) is 5. The van der Waals surface area contributed by atoms with Gasteiger partial charge in [-0.25, -0.2) is 4.98 Å². The van der Waals surface area contributed by atoms with Crippen LogP contribution in [0.4, 0.5) is 0 Å². The van der Waals surface area contributed by atoms with Crippen molar-refractivity contribution < 1.29 is 9.53 Å². The molecule has 15 heavy (non-hydrogen) atoms. The molecule has 0 radical (unpaired) electrons. The van der Waals surface area contributed by atoms with Crippen molar-refractivity contribution in [2.45, 2.75) is 11.4 Å². The maximum atomic E-state index is 11.1. The van der Waals surface area contributed by atoms with E-state index in [9.17, 15) is 9.59 Å². The van der Waals surface area contributed by atoms with Gasteiger partial charge in [-0.1, -0.05) is 11.6 Å². The Hall–Kier alpha value is -1.01. The Morgan fingerprint density at radius 1 is 1.73 bits per heavy atom. The molecule has 0 saturated carbocycles. The molecule has 1 aromatic heterocycles. The average Bonchev–Trinajstić information content (AvgIpc) is 2.24. The van der Waals surface area contributed by atoms with Crippen LogP contribution in [-0.2, 0) is 9.53 Å². The third-order valence-electron chi connectivity index (χ3n) is 1.54. The number of halogens is 1. The Labute approximate surface area is 95.2 Å². The summed E-state index contributed by atoms with van der Waals surface area (Å²) >= 11 is 6.94. The highest BCUT2D eigenvalue weighted by atomic mass is 35.5. The lowest BCUT2D eigenvalue weighted by Gasteiger charge is -2.00. The van der Waals surface area contributed by atoms with Crippen molar-refractivity contribution in [2.75, 3.05) is 12.9 Å². The maximum Gasteiger partial charge on any atom is 0.306 e. The molecule has 1 heterocycles. The molecular weight excluding hydrogens is 240 g/mol. The van der Waals surface area contributed by atoms with Crippen LogP contribution in [0.3, 0.4) is 0 Å². The SMILES string of the molecule is COC(=O)CCSc1nc[nH]c(=O)c1Cl. The number of ether oxygens (including phenoxy) is 1. The molecule has 1 N–H and O–H groups in total. The van der Waals surface area contributed by atoms with E-state index in [1.54, 1.807) is 0 Å². The topological polar surface area (TPSA) is 72.0 Å². The van der Waals surface area contributed by atoms with E-state index in [0.29, 0.717) is 10.8 Å². The number of thioether (sulfide) groups is 1. The number of hydrogen-bond donors (Lipinski definition) is 1. The van der Waals surface area contributed by atoms with Crippen LogP contribution in [0.15, 0.2) is 16.1 Å². The molecule has 0 aliphatic carbocycles. The highest BCUT2D eigenvalue weighted by Gasteiger charge is 2.07. The fourth-order valence-electron chi connectivity index (χ4n) is 0.800. The smallest absolute Gasteiger partial charge is 0.306 e. The van der Waals surface area contributed by atoms with E-state index in [1.165, 1.54) is 25.2 Å². The average molecular weight is 249 g/mol. The molecule has 5 nitrogen and oxygen atoms in total. The zero-order chi connectivity index (χ0) is 11.3. The second-order valence-electron chi connectivity index (χ2n) is 2.53. The third kappa shape index (κ3) is 3.56. The van der Waals surface area contributed by atoms with Crippen molar-refractivity contribution in [3.8, 4) is 0 Å². The first kappa shape index (κ1) is 12.1. The van der Waals surface area contributed by atoms with Gasteiger partial charge in [-0.05, 0) is 0 Å². The Morgan fingerprint density at radius 3 is 3.13 bits per heavy atom. The van der Waals surface area contributed by atoms with Crippen LogP contribution < -0.4 is 5.56 Å². The monoisotopic (exact) mass is 248 g/mol. The second kappa shape index (κ2) is 5.77. The number of carbonyl (C=O) groups excluding carboxylic acids is 1. The number of esters is 1. The van der Waals surface area contributed by atoms with Crippen molar-refractivity contribution in [2.24, 2.45) is 0 Å². The van der Waals surface area contributed by atoms with E-state index in [0.717, 1.165) is 0 Å². The second-order valence-corrected chi connectivity index (χ2v) is 3.99. The molecular formula is C8H9ClN2O3S. The van der Waals surface area contributed by atoms with Crippen LogP contribution in [0.5, 0.6) is 0 Å². The number of nitrogens with one attached hydrogen (secondary N) is 1. The lowest BCUT2D eigenvalue weighted by atomic mass is 10.5. The first-order valence-electron chi connectivity index (χ1n) is 4.08. The van der Waals surface area contributed by atoms with Gasteiger partial charge < -0.3 is 9.72 Å². The van der Waals surface area contributed by atoms with Crippen molar-refractivity contribution >= 4 is 29.3 Å². The minimum atomic E-state index is -0.382. The zero-order valence-electron chi connectivity index (χ0n) is 7.95. The predicted molar refractivity (Wildman–Crippen MR) is 57.2 cm³/mol. The lowest BCUT2D eigenvalue weighted by Crippen LogP contribution is -2.08. The van der Waals surface area contributed by atoms with Crippen LogP contribution in [0.1, 0.15) is 6.42 Å². The fraction of sp³-hybridized carbons (Fsp3) is 0.375. The molecule has 1 aromatic rings. The Bertz CT molecular complexity index is 407. The summed E-state index contributed by atoms with van der Waals surface area (Å²) in [5.74, 6) is 0.173. The van der Waals surface area contributed by atoms with Crippen LogP contribution in [0, 0.1) is 0 Å². The number of methoxy groups -OCH3 is 1. The van der Waals surface area contributed by atoms with Crippen molar-refractivity contribution in [1.82, 2.24) is 9.97 Å². The highest BCUT2D eigenvalue weighted by molar-refractivity contribution is 7.99. The fourth-order valence-corrected chi connectivity index (χ4v) is 1.88. The van der Waals surface area contributed by atoms with Gasteiger partial charge in [0.05, 0.1) is 19.9 Å². The first-order chi connectivity index (χ1) is 7.15. The highest BCUT2D eigenvalue weighted by Crippen LogP contribution is 2.21. The van der Waals surface area contributed by atoms with Gasteiger partial charge in [-0.2, -0.15) is 0 Å². The molecule has 1 rings (SSSR count). The largest absolute Gasteiger partial charge is 0.469 e. The van der Waals surface area contributed by atoms with Gasteiger partial charge in [0.15, 0.2) is 0 Å². The first-order valence-corrected chi connectivity index (χ1v) is 5.44. The van der Waals surface area contributed by atoms with Gasteiger partial charge in [-0.15, -0.1) is 11.8 Å². The van der Waals surface area contributed by atoms with Gasteiger partial charge in [0.1, 0.15) is 10.0 Å². The number of nitrogens with zero attached hydrogens (tertiary/aromatic N) is 1. The van der Waals surface area contributed by atoms with Crippen LogP contribution in [0.25, 0.3) is 0 Å². The number of aromatic amines is 1. The Morgan fingerprint density at radius 2 is 2.47 bits per heavy atom. The summed E-state index contributed by atoms with van der Waals surface area (Å²) in [6.45, 7) is 0. The molecule has 0 atom stereocenters. The maximum absolute atomic E-state index is 11.1. The van der Waals surface area contributed by atoms with Crippen molar-refractivity contribution in [1.29, 1.82) is 0 Å². The van der Waals surface area contributed by atoms with Gasteiger partial charge in [-0.3, -0.25) is 9.59 Å². The molecule has 0 aliphatic heterocycles. The van der Waals surface area contributed by atoms with Crippen molar-refractivity contribution in [3.05, 3.63) is 21.7 Å². The molecule has 0 aliphatic rings. The Balaban J connectivity index is 2.55. The summed E-state index contributed by atoms with van der Waals surface area (Å²) in [6, 6.07) is 0. The van der Waals surface area contributed by atoms with Gasteiger partial charge >= 0.3 is 5.97 Å². The van der Waals surface area contributed by atoms with Crippen LogP contribution >= 0.6 is 23.4 Å². The van der Waals surface area contributed by atoms with Crippen LogP contribution in [-0.4, -0.2) is 28.8 Å². The number of aromatic nitrogens is 2. The van der Waals surface area contributed by atoms with E-state index in [-0.39, 0.29) is 23.0 Å². The molecule has 7 heteroatoms. The van der Waals surface area contributed by atoms with Crippen molar-refractivity contribution in [3.63, 3.8) is 0 Å². The number of rotatable bonds is 4.